The molecule has 0 aliphatic heterocycles. The highest BCUT2D eigenvalue weighted by atomic mass is 16.6. The van der Waals surface area contributed by atoms with Crippen LogP contribution in [0.25, 0.3) is 0 Å². The molecule has 0 heterocycles. The number of nitrogens with one attached hydrogen (secondary N) is 1. The van der Waals surface area contributed by atoms with Gasteiger partial charge in [0.1, 0.15) is 5.60 Å². The smallest absolute Gasteiger partial charge is 0.410 e. The number of rotatable bonds is 5. The van der Waals surface area contributed by atoms with Crippen molar-refractivity contribution in [3.05, 3.63) is 0 Å². The highest BCUT2D eigenvalue weighted by molar-refractivity contribution is 5.69. The number of hydrogen-bond acceptors (Lipinski definition) is 3. The molecule has 1 amide bonds. The lowest BCUT2D eigenvalue weighted by molar-refractivity contribution is 0.00649. The Morgan fingerprint density at radius 3 is 2.11 bits per heavy atom. The molecule has 0 aromatic heterocycles. The molecule has 0 bridgehead atoms. The van der Waals surface area contributed by atoms with E-state index in [0.717, 1.165) is 13.0 Å². The summed E-state index contributed by atoms with van der Waals surface area (Å²) in [5, 5.41) is 3.40. The van der Waals surface area contributed by atoms with E-state index in [-0.39, 0.29) is 11.6 Å². The molecule has 1 N–H and O–H groups in total. The number of amides is 1. The van der Waals surface area contributed by atoms with Crippen LogP contribution in [0.4, 0.5) is 4.79 Å². The number of carbonyl (C=O) groups excluding carboxylic acids is 1. The van der Waals surface area contributed by atoms with Gasteiger partial charge in [-0.3, -0.25) is 0 Å². The largest absolute Gasteiger partial charge is 0.444 e. The van der Waals surface area contributed by atoms with Crippen LogP contribution >= 0.6 is 0 Å². The first-order valence-corrected chi connectivity index (χ1v) is 7.21. The van der Waals surface area contributed by atoms with Gasteiger partial charge in [0.2, 0.25) is 0 Å². The summed E-state index contributed by atoms with van der Waals surface area (Å²) in [6.07, 6.45) is 0.841. The molecule has 114 valence electrons. The molecule has 4 heteroatoms. The minimum atomic E-state index is -0.454. The molecule has 0 fully saturated rings. The fourth-order valence-corrected chi connectivity index (χ4v) is 1.58. The van der Waals surface area contributed by atoms with Gasteiger partial charge in [-0.05, 0) is 54.9 Å². The molecule has 0 spiro atoms. The summed E-state index contributed by atoms with van der Waals surface area (Å²) in [5.41, 5.74) is -0.690. The third-order valence-electron chi connectivity index (χ3n) is 2.86. The van der Waals surface area contributed by atoms with Crippen LogP contribution in [-0.4, -0.2) is 41.3 Å². The van der Waals surface area contributed by atoms with Gasteiger partial charge in [0, 0.05) is 24.7 Å². The van der Waals surface area contributed by atoms with Gasteiger partial charge in [0.15, 0.2) is 0 Å². The molecule has 0 saturated heterocycles. The Labute approximate surface area is 118 Å². The summed E-state index contributed by atoms with van der Waals surface area (Å²) < 4.78 is 5.47. The van der Waals surface area contributed by atoms with Gasteiger partial charge in [-0.25, -0.2) is 4.79 Å². The minimum absolute atomic E-state index is 0.237. The second-order valence-corrected chi connectivity index (χ2v) is 7.07. The molecular formula is C15H32N2O2. The molecule has 0 rings (SSSR count). The van der Waals surface area contributed by atoms with Crippen molar-refractivity contribution in [2.45, 2.75) is 79.0 Å². The highest BCUT2D eigenvalue weighted by Gasteiger charge is 2.30. The maximum absolute atomic E-state index is 12.2. The Morgan fingerprint density at radius 1 is 1.21 bits per heavy atom. The zero-order chi connectivity index (χ0) is 15.3. The van der Waals surface area contributed by atoms with Crippen LogP contribution in [0.3, 0.4) is 0 Å². The lowest BCUT2D eigenvalue weighted by atomic mass is 10.1. The van der Waals surface area contributed by atoms with Gasteiger partial charge >= 0.3 is 6.09 Å². The summed E-state index contributed by atoms with van der Waals surface area (Å²) in [4.78, 5) is 14.0. The van der Waals surface area contributed by atoms with Crippen molar-refractivity contribution in [1.82, 2.24) is 10.2 Å². The second kappa shape index (κ2) is 7.13. The predicted molar refractivity (Wildman–Crippen MR) is 80.4 cm³/mol. The summed E-state index contributed by atoms with van der Waals surface area (Å²) in [7, 11) is 0. The molecule has 0 aliphatic rings. The normalized spacial score (nSPS) is 14.1. The molecule has 19 heavy (non-hydrogen) atoms. The summed E-state index contributed by atoms with van der Waals surface area (Å²) in [5.74, 6) is 0. The lowest BCUT2D eigenvalue weighted by Crippen LogP contribution is -2.50. The van der Waals surface area contributed by atoms with E-state index in [0.29, 0.717) is 12.6 Å². The molecule has 0 aliphatic carbocycles. The van der Waals surface area contributed by atoms with E-state index in [4.69, 9.17) is 4.74 Å². The topological polar surface area (TPSA) is 41.6 Å². The van der Waals surface area contributed by atoms with Crippen molar-refractivity contribution in [2.24, 2.45) is 0 Å². The van der Waals surface area contributed by atoms with Crippen molar-refractivity contribution < 1.29 is 9.53 Å². The quantitative estimate of drug-likeness (QED) is 0.834. The van der Waals surface area contributed by atoms with Gasteiger partial charge in [-0.15, -0.1) is 0 Å². The van der Waals surface area contributed by atoms with Crippen molar-refractivity contribution >= 4 is 6.09 Å². The molecular weight excluding hydrogens is 240 g/mol. The number of hydrogen-bond donors (Lipinski definition) is 1. The SMILES string of the molecule is CCC(C)NCCN(C(=O)OC(C)(C)C)C(C)(C)C. The van der Waals surface area contributed by atoms with Crippen LogP contribution in [-0.2, 0) is 4.74 Å². The fourth-order valence-electron chi connectivity index (χ4n) is 1.58. The van der Waals surface area contributed by atoms with Crippen molar-refractivity contribution in [3.63, 3.8) is 0 Å². The first-order chi connectivity index (χ1) is 8.47. The van der Waals surface area contributed by atoms with E-state index in [2.05, 4.69) is 19.2 Å². The Morgan fingerprint density at radius 2 is 1.74 bits per heavy atom. The third-order valence-corrected chi connectivity index (χ3v) is 2.86. The standard InChI is InChI=1S/C15H32N2O2/c1-9-12(2)16-10-11-17(14(3,4)5)13(18)19-15(6,7)8/h12,16H,9-11H2,1-8H3. The summed E-state index contributed by atoms with van der Waals surface area (Å²) >= 11 is 0. The maximum atomic E-state index is 12.2. The molecule has 0 aromatic rings. The van der Waals surface area contributed by atoms with Crippen LogP contribution in [0, 0.1) is 0 Å². The molecule has 0 aromatic carbocycles. The van der Waals surface area contributed by atoms with E-state index >= 15 is 0 Å². The Bertz CT molecular complexity index is 277. The highest BCUT2D eigenvalue weighted by Crippen LogP contribution is 2.17. The molecule has 0 radical (unpaired) electrons. The summed E-state index contributed by atoms with van der Waals surface area (Å²) in [6.45, 7) is 17.5. The number of ether oxygens (including phenoxy) is 1. The van der Waals surface area contributed by atoms with Crippen molar-refractivity contribution in [1.29, 1.82) is 0 Å². The lowest BCUT2D eigenvalue weighted by Gasteiger charge is -2.37. The van der Waals surface area contributed by atoms with Gasteiger partial charge in [0.25, 0.3) is 0 Å². The molecule has 4 nitrogen and oxygen atoms in total. The fraction of sp³-hybridized carbons (Fsp3) is 0.933. The Kier molecular flexibility index (Phi) is 6.84. The number of carbonyl (C=O) groups is 1. The van der Waals surface area contributed by atoms with E-state index < -0.39 is 5.60 Å². The number of nitrogens with zero attached hydrogens (tertiary/aromatic N) is 1. The van der Waals surface area contributed by atoms with Crippen LogP contribution in [0.15, 0.2) is 0 Å². The van der Waals surface area contributed by atoms with Gasteiger partial charge in [-0.2, -0.15) is 0 Å². The van der Waals surface area contributed by atoms with E-state index in [1.807, 2.05) is 41.5 Å². The zero-order valence-corrected chi connectivity index (χ0v) is 14.0. The monoisotopic (exact) mass is 272 g/mol. The zero-order valence-electron chi connectivity index (χ0n) is 14.0. The first kappa shape index (κ1) is 18.2. The van der Waals surface area contributed by atoms with Gasteiger partial charge in [-0.1, -0.05) is 6.92 Å². The molecule has 1 atom stereocenters. The van der Waals surface area contributed by atoms with Crippen LogP contribution < -0.4 is 5.32 Å². The Hall–Kier alpha value is -0.770. The third kappa shape index (κ3) is 8.09. The van der Waals surface area contributed by atoms with Crippen molar-refractivity contribution in [3.8, 4) is 0 Å². The predicted octanol–water partition coefficient (Wildman–Crippen LogP) is 3.41. The van der Waals surface area contributed by atoms with E-state index in [9.17, 15) is 4.79 Å². The van der Waals surface area contributed by atoms with Gasteiger partial charge < -0.3 is 15.0 Å². The average molecular weight is 272 g/mol. The maximum Gasteiger partial charge on any atom is 0.410 e. The van der Waals surface area contributed by atoms with Gasteiger partial charge in [0.05, 0.1) is 0 Å². The van der Waals surface area contributed by atoms with Crippen molar-refractivity contribution in [2.75, 3.05) is 13.1 Å². The summed E-state index contributed by atoms with van der Waals surface area (Å²) in [6, 6.07) is 0.473. The van der Waals surface area contributed by atoms with Crippen LogP contribution in [0.2, 0.25) is 0 Å². The Balaban J connectivity index is 4.53. The second-order valence-electron chi connectivity index (χ2n) is 7.07. The van der Waals surface area contributed by atoms with Crippen LogP contribution in [0.5, 0.6) is 0 Å². The molecule has 1 unspecified atom stereocenters. The first-order valence-electron chi connectivity index (χ1n) is 7.21. The van der Waals surface area contributed by atoms with E-state index in [1.54, 1.807) is 4.90 Å². The van der Waals surface area contributed by atoms with E-state index in [1.165, 1.54) is 0 Å². The average Bonchev–Trinajstić information content (AvgIpc) is 2.19. The molecule has 0 saturated carbocycles. The minimum Gasteiger partial charge on any atom is -0.444 e. The van der Waals surface area contributed by atoms with Crippen LogP contribution in [0.1, 0.15) is 61.8 Å².